The van der Waals surface area contributed by atoms with Gasteiger partial charge in [-0.1, -0.05) is 0 Å². The second kappa shape index (κ2) is 6.51. The number of hydrogen-bond acceptors (Lipinski definition) is 7. The topological polar surface area (TPSA) is 99.4 Å². The Morgan fingerprint density at radius 3 is 2.57 bits per heavy atom. The first-order valence-corrected chi connectivity index (χ1v) is 6.18. The van der Waals surface area contributed by atoms with Gasteiger partial charge in [0.25, 0.3) is 0 Å². The normalized spacial score (nSPS) is 10.0. The van der Waals surface area contributed by atoms with Gasteiger partial charge in [0.2, 0.25) is 5.95 Å². The molecule has 1 heterocycles. The van der Waals surface area contributed by atoms with E-state index in [1.807, 2.05) is 6.92 Å². The lowest BCUT2D eigenvalue weighted by Crippen LogP contribution is -2.00. The SMILES string of the molecule is CCOc1ccc(Nc2ncc([N+](=O)[O-])cn2)cc1OC. The molecule has 8 heteroatoms. The van der Waals surface area contributed by atoms with Crippen molar-refractivity contribution in [2.24, 2.45) is 0 Å². The second-order valence-electron chi connectivity index (χ2n) is 3.95. The van der Waals surface area contributed by atoms with Crippen LogP contribution in [0, 0.1) is 10.1 Å². The van der Waals surface area contributed by atoms with Crippen molar-refractivity contribution < 1.29 is 14.4 Å². The van der Waals surface area contributed by atoms with E-state index in [1.54, 1.807) is 25.3 Å². The molecule has 0 bridgehead atoms. The fourth-order valence-corrected chi connectivity index (χ4v) is 1.63. The van der Waals surface area contributed by atoms with Crippen molar-refractivity contribution in [3.05, 3.63) is 40.7 Å². The van der Waals surface area contributed by atoms with E-state index >= 15 is 0 Å². The van der Waals surface area contributed by atoms with Crippen molar-refractivity contribution in [3.63, 3.8) is 0 Å². The molecule has 8 nitrogen and oxygen atoms in total. The predicted molar refractivity (Wildman–Crippen MR) is 76.1 cm³/mol. The summed E-state index contributed by atoms with van der Waals surface area (Å²) in [6.45, 7) is 2.42. The number of anilines is 2. The summed E-state index contributed by atoms with van der Waals surface area (Å²) < 4.78 is 10.6. The fourth-order valence-electron chi connectivity index (χ4n) is 1.63. The number of rotatable bonds is 6. The number of ether oxygens (including phenoxy) is 2. The Bertz CT molecular complexity index is 631. The van der Waals surface area contributed by atoms with Crippen molar-refractivity contribution >= 4 is 17.3 Å². The zero-order valence-corrected chi connectivity index (χ0v) is 11.6. The maximum absolute atomic E-state index is 10.5. The summed E-state index contributed by atoms with van der Waals surface area (Å²) in [5.41, 5.74) is 0.522. The van der Waals surface area contributed by atoms with Gasteiger partial charge in [0.15, 0.2) is 11.5 Å². The molecule has 0 saturated carbocycles. The van der Waals surface area contributed by atoms with Crippen LogP contribution in [0.15, 0.2) is 30.6 Å². The van der Waals surface area contributed by atoms with Gasteiger partial charge in [-0.25, -0.2) is 9.97 Å². The Balaban J connectivity index is 2.17. The standard InChI is InChI=1S/C13H14N4O4/c1-3-21-11-5-4-9(6-12(11)20-2)16-13-14-7-10(8-15-13)17(18)19/h4-8H,3H2,1-2H3,(H,14,15,16). The minimum atomic E-state index is -0.552. The Labute approximate surface area is 120 Å². The smallest absolute Gasteiger partial charge is 0.305 e. The zero-order chi connectivity index (χ0) is 15.2. The van der Waals surface area contributed by atoms with E-state index in [0.29, 0.717) is 23.8 Å². The zero-order valence-electron chi connectivity index (χ0n) is 11.6. The molecule has 0 unspecified atom stereocenters. The Kier molecular flexibility index (Phi) is 4.50. The molecule has 0 spiro atoms. The van der Waals surface area contributed by atoms with Gasteiger partial charge in [0, 0.05) is 11.8 Å². The lowest BCUT2D eigenvalue weighted by Gasteiger charge is -2.11. The average Bonchev–Trinajstić information content (AvgIpc) is 2.49. The summed E-state index contributed by atoms with van der Waals surface area (Å²) >= 11 is 0. The highest BCUT2D eigenvalue weighted by molar-refractivity contribution is 5.59. The van der Waals surface area contributed by atoms with E-state index in [0.717, 1.165) is 12.4 Å². The van der Waals surface area contributed by atoms with Crippen LogP contribution in [-0.4, -0.2) is 28.6 Å². The number of benzene rings is 1. The van der Waals surface area contributed by atoms with Crippen LogP contribution in [0.2, 0.25) is 0 Å². The van der Waals surface area contributed by atoms with Crippen molar-refractivity contribution in [3.8, 4) is 11.5 Å². The summed E-state index contributed by atoms with van der Waals surface area (Å²) in [6, 6.07) is 5.27. The largest absolute Gasteiger partial charge is 0.493 e. The number of aromatic nitrogens is 2. The summed E-state index contributed by atoms with van der Waals surface area (Å²) in [5.74, 6) is 1.46. The Morgan fingerprint density at radius 1 is 1.29 bits per heavy atom. The van der Waals surface area contributed by atoms with Crippen LogP contribution in [0.4, 0.5) is 17.3 Å². The molecule has 0 saturated heterocycles. The van der Waals surface area contributed by atoms with E-state index in [9.17, 15) is 10.1 Å². The molecule has 110 valence electrons. The lowest BCUT2D eigenvalue weighted by molar-refractivity contribution is -0.385. The van der Waals surface area contributed by atoms with E-state index in [-0.39, 0.29) is 11.6 Å². The summed E-state index contributed by atoms with van der Waals surface area (Å²) in [4.78, 5) is 17.7. The lowest BCUT2D eigenvalue weighted by atomic mass is 10.2. The Hall–Kier alpha value is -2.90. The third-order valence-corrected chi connectivity index (χ3v) is 2.57. The van der Waals surface area contributed by atoms with Gasteiger partial charge in [-0.05, 0) is 19.1 Å². The van der Waals surface area contributed by atoms with Crippen LogP contribution < -0.4 is 14.8 Å². The summed E-state index contributed by atoms with van der Waals surface area (Å²) in [7, 11) is 1.55. The monoisotopic (exact) mass is 290 g/mol. The third-order valence-electron chi connectivity index (χ3n) is 2.57. The van der Waals surface area contributed by atoms with E-state index in [1.165, 1.54) is 0 Å². The molecule has 0 atom stereocenters. The van der Waals surface area contributed by atoms with Crippen LogP contribution in [0.5, 0.6) is 11.5 Å². The van der Waals surface area contributed by atoms with Crippen LogP contribution in [-0.2, 0) is 0 Å². The molecule has 21 heavy (non-hydrogen) atoms. The molecule has 0 aliphatic rings. The van der Waals surface area contributed by atoms with Crippen molar-refractivity contribution in [2.45, 2.75) is 6.92 Å². The molecule has 0 fully saturated rings. The molecule has 2 aromatic rings. The minimum Gasteiger partial charge on any atom is -0.493 e. The number of methoxy groups -OCH3 is 1. The van der Waals surface area contributed by atoms with Gasteiger partial charge in [-0.2, -0.15) is 0 Å². The van der Waals surface area contributed by atoms with Crippen LogP contribution in [0.25, 0.3) is 0 Å². The van der Waals surface area contributed by atoms with Crippen LogP contribution in [0.1, 0.15) is 6.92 Å². The molecular weight excluding hydrogens is 276 g/mol. The first kappa shape index (κ1) is 14.5. The first-order chi connectivity index (χ1) is 10.1. The molecule has 0 aliphatic heterocycles. The molecule has 1 aromatic heterocycles. The number of nitrogens with one attached hydrogen (secondary N) is 1. The van der Waals surface area contributed by atoms with Crippen molar-refractivity contribution in [1.29, 1.82) is 0 Å². The molecule has 1 aromatic carbocycles. The molecule has 0 radical (unpaired) electrons. The number of hydrogen-bond donors (Lipinski definition) is 1. The highest BCUT2D eigenvalue weighted by Gasteiger charge is 2.09. The van der Waals surface area contributed by atoms with E-state index in [2.05, 4.69) is 15.3 Å². The van der Waals surface area contributed by atoms with Crippen LogP contribution >= 0.6 is 0 Å². The molecule has 0 amide bonds. The average molecular weight is 290 g/mol. The van der Waals surface area contributed by atoms with E-state index < -0.39 is 4.92 Å². The fraction of sp³-hybridized carbons (Fsp3) is 0.231. The van der Waals surface area contributed by atoms with Gasteiger partial charge in [-0.15, -0.1) is 0 Å². The van der Waals surface area contributed by atoms with Crippen molar-refractivity contribution in [1.82, 2.24) is 9.97 Å². The maximum Gasteiger partial charge on any atom is 0.305 e. The van der Waals surface area contributed by atoms with Crippen molar-refractivity contribution in [2.75, 3.05) is 19.0 Å². The molecule has 2 rings (SSSR count). The molecular formula is C13H14N4O4. The summed E-state index contributed by atoms with van der Waals surface area (Å²) in [5, 5.41) is 13.5. The molecule has 0 aliphatic carbocycles. The quantitative estimate of drug-likeness (QED) is 0.644. The van der Waals surface area contributed by atoms with Gasteiger partial charge >= 0.3 is 5.69 Å². The minimum absolute atomic E-state index is 0.162. The molecule has 1 N–H and O–H groups in total. The Morgan fingerprint density at radius 2 is 2.00 bits per heavy atom. The predicted octanol–water partition coefficient (Wildman–Crippen LogP) is 2.54. The first-order valence-electron chi connectivity index (χ1n) is 6.18. The third kappa shape index (κ3) is 3.56. The van der Waals surface area contributed by atoms with Gasteiger partial charge in [0.05, 0.1) is 18.6 Å². The summed E-state index contributed by atoms with van der Waals surface area (Å²) in [6.07, 6.45) is 2.28. The number of nitro groups is 1. The second-order valence-corrected chi connectivity index (χ2v) is 3.95. The maximum atomic E-state index is 10.5. The highest BCUT2D eigenvalue weighted by atomic mass is 16.6. The van der Waals surface area contributed by atoms with Crippen LogP contribution in [0.3, 0.4) is 0 Å². The van der Waals surface area contributed by atoms with Gasteiger partial charge in [-0.3, -0.25) is 10.1 Å². The van der Waals surface area contributed by atoms with Gasteiger partial charge in [0.1, 0.15) is 12.4 Å². The van der Waals surface area contributed by atoms with Gasteiger partial charge < -0.3 is 14.8 Å². The van der Waals surface area contributed by atoms with E-state index in [4.69, 9.17) is 9.47 Å². The highest BCUT2D eigenvalue weighted by Crippen LogP contribution is 2.31. The number of nitrogens with zero attached hydrogens (tertiary/aromatic N) is 3.